The van der Waals surface area contributed by atoms with Gasteiger partial charge in [0.1, 0.15) is 5.82 Å². The molecule has 0 fully saturated rings. The standard InChI is InChI=1S/C17H20ClFN2/c1-3-20-11-14-5-4-6-16(19)17(14)21(2)12-13-7-9-15(18)10-8-13/h4-10,20H,3,11-12H2,1-2H3. The molecule has 2 nitrogen and oxygen atoms in total. The molecule has 0 aliphatic rings. The van der Waals surface area contributed by atoms with Crippen molar-refractivity contribution in [2.75, 3.05) is 18.5 Å². The Balaban J connectivity index is 2.21. The smallest absolute Gasteiger partial charge is 0.146 e. The normalized spacial score (nSPS) is 10.7. The molecule has 21 heavy (non-hydrogen) atoms. The Morgan fingerprint density at radius 2 is 1.86 bits per heavy atom. The topological polar surface area (TPSA) is 15.3 Å². The molecule has 0 aromatic heterocycles. The lowest BCUT2D eigenvalue weighted by Gasteiger charge is -2.23. The molecule has 2 rings (SSSR count). The van der Waals surface area contributed by atoms with Gasteiger partial charge in [0.2, 0.25) is 0 Å². The summed E-state index contributed by atoms with van der Waals surface area (Å²) >= 11 is 5.89. The zero-order valence-electron chi connectivity index (χ0n) is 12.4. The Bertz CT molecular complexity index is 584. The van der Waals surface area contributed by atoms with Gasteiger partial charge in [-0.05, 0) is 35.9 Å². The van der Waals surface area contributed by atoms with Crippen LogP contribution in [0, 0.1) is 5.82 Å². The third-order valence-corrected chi connectivity index (χ3v) is 3.60. The van der Waals surface area contributed by atoms with Gasteiger partial charge in [-0.1, -0.05) is 42.8 Å². The molecule has 2 aromatic rings. The van der Waals surface area contributed by atoms with Crippen LogP contribution in [-0.4, -0.2) is 13.6 Å². The second-order valence-electron chi connectivity index (χ2n) is 5.01. The van der Waals surface area contributed by atoms with Crippen molar-refractivity contribution in [3.8, 4) is 0 Å². The summed E-state index contributed by atoms with van der Waals surface area (Å²) in [6.45, 7) is 4.19. The molecule has 0 atom stereocenters. The third-order valence-electron chi connectivity index (χ3n) is 3.35. The Hall–Kier alpha value is -1.58. The zero-order valence-corrected chi connectivity index (χ0v) is 13.1. The minimum absolute atomic E-state index is 0.193. The van der Waals surface area contributed by atoms with E-state index in [4.69, 9.17) is 11.6 Å². The van der Waals surface area contributed by atoms with E-state index in [1.807, 2.05) is 49.2 Å². The maximum absolute atomic E-state index is 14.2. The van der Waals surface area contributed by atoms with Gasteiger partial charge in [0.25, 0.3) is 0 Å². The monoisotopic (exact) mass is 306 g/mol. The van der Waals surface area contributed by atoms with Crippen LogP contribution in [0.15, 0.2) is 42.5 Å². The fraction of sp³-hybridized carbons (Fsp3) is 0.294. The van der Waals surface area contributed by atoms with E-state index in [9.17, 15) is 4.39 Å². The molecular formula is C17H20ClFN2. The lowest BCUT2D eigenvalue weighted by molar-refractivity contribution is 0.615. The molecule has 0 unspecified atom stereocenters. The lowest BCUT2D eigenvalue weighted by Crippen LogP contribution is -2.22. The summed E-state index contributed by atoms with van der Waals surface area (Å²) < 4.78 is 14.2. The number of anilines is 1. The van der Waals surface area contributed by atoms with Crippen molar-refractivity contribution in [1.82, 2.24) is 5.32 Å². The Morgan fingerprint density at radius 1 is 1.14 bits per heavy atom. The molecule has 0 aliphatic heterocycles. The first-order chi connectivity index (χ1) is 10.1. The summed E-state index contributed by atoms with van der Waals surface area (Å²) in [5.41, 5.74) is 2.71. The molecule has 0 bridgehead atoms. The molecule has 112 valence electrons. The fourth-order valence-corrected chi connectivity index (χ4v) is 2.46. The van der Waals surface area contributed by atoms with Crippen LogP contribution in [-0.2, 0) is 13.1 Å². The second-order valence-corrected chi connectivity index (χ2v) is 5.45. The van der Waals surface area contributed by atoms with Gasteiger partial charge in [0.15, 0.2) is 0 Å². The average Bonchev–Trinajstić information content (AvgIpc) is 2.47. The molecule has 0 saturated heterocycles. The van der Waals surface area contributed by atoms with E-state index in [0.29, 0.717) is 23.8 Å². The third kappa shape index (κ3) is 4.19. The predicted octanol–water partition coefficient (Wildman–Crippen LogP) is 4.23. The van der Waals surface area contributed by atoms with E-state index < -0.39 is 0 Å². The highest BCUT2D eigenvalue weighted by atomic mass is 35.5. The van der Waals surface area contributed by atoms with Gasteiger partial charge in [-0.25, -0.2) is 4.39 Å². The van der Waals surface area contributed by atoms with E-state index in [0.717, 1.165) is 17.7 Å². The number of nitrogens with one attached hydrogen (secondary N) is 1. The molecule has 0 spiro atoms. The minimum atomic E-state index is -0.193. The summed E-state index contributed by atoms with van der Waals surface area (Å²) in [4.78, 5) is 1.94. The number of benzene rings is 2. The van der Waals surface area contributed by atoms with Crippen molar-refractivity contribution in [2.45, 2.75) is 20.0 Å². The maximum atomic E-state index is 14.2. The van der Waals surface area contributed by atoms with Crippen molar-refractivity contribution < 1.29 is 4.39 Å². The summed E-state index contributed by atoms with van der Waals surface area (Å²) in [6, 6.07) is 12.8. The number of hydrogen-bond acceptors (Lipinski definition) is 2. The van der Waals surface area contributed by atoms with Gasteiger partial charge >= 0.3 is 0 Å². The highest BCUT2D eigenvalue weighted by Gasteiger charge is 2.13. The first kappa shape index (κ1) is 15.8. The zero-order chi connectivity index (χ0) is 15.2. The van der Waals surface area contributed by atoms with Crippen molar-refractivity contribution in [2.24, 2.45) is 0 Å². The quantitative estimate of drug-likeness (QED) is 0.859. The van der Waals surface area contributed by atoms with Crippen molar-refractivity contribution >= 4 is 17.3 Å². The summed E-state index contributed by atoms with van der Waals surface area (Å²) in [5, 5.41) is 3.96. The highest BCUT2D eigenvalue weighted by Crippen LogP contribution is 2.25. The van der Waals surface area contributed by atoms with Gasteiger partial charge in [0.05, 0.1) is 5.69 Å². The minimum Gasteiger partial charge on any atom is -0.368 e. The first-order valence-corrected chi connectivity index (χ1v) is 7.43. The molecule has 0 saturated carbocycles. The Morgan fingerprint density at radius 3 is 2.52 bits per heavy atom. The van der Waals surface area contributed by atoms with E-state index >= 15 is 0 Å². The number of hydrogen-bond donors (Lipinski definition) is 1. The molecule has 2 aromatic carbocycles. The van der Waals surface area contributed by atoms with E-state index in [-0.39, 0.29) is 5.82 Å². The van der Waals surface area contributed by atoms with E-state index in [1.54, 1.807) is 6.07 Å². The number of rotatable bonds is 6. The predicted molar refractivity (Wildman–Crippen MR) is 87.3 cm³/mol. The van der Waals surface area contributed by atoms with Crippen LogP contribution in [0.4, 0.5) is 10.1 Å². The number of nitrogens with zero attached hydrogens (tertiary/aromatic N) is 1. The maximum Gasteiger partial charge on any atom is 0.146 e. The van der Waals surface area contributed by atoms with Crippen LogP contribution < -0.4 is 10.2 Å². The van der Waals surface area contributed by atoms with Crippen molar-refractivity contribution in [3.05, 3.63) is 64.4 Å². The van der Waals surface area contributed by atoms with Gasteiger partial charge in [-0.2, -0.15) is 0 Å². The Kier molecular flexibility index (Phi) is 5.59. The molecule has 0 radical (unpaired) electrons. The summed E-state index contributed by atoms with van der Waals surface area (Å²) in [6.07, 6.45) is 0. The molecule has 4 heteroatoms. The summed E-state index contributed by atoms with van der Waals surface area (Å²) in [7, 11) is 1.91. The first-order valence-electron chi connectivity index (χ1n) is 7.05. The lowest BCUT2D eigenvalue weighted by atomic mass is 10.1. The van der Waals surface area contributed by atoms with Crippen LogP contribution >= 0.6 is 11.6 Å². The van der Waals surface area contributed by atoms with Gasteiger partial charge in [-0.15, -0.1) is 0 Å². The van der Waals surface area contributed by atoms with Gasteiger partial charge < -0.3 is 10.2 Å². The van der Waals surface area contributed by atoms with E-state index in [2.05, 4.69) is 5.32 Å². The van der Waals surface area contributed by atoms with Crippen LogP contribution in [0.2, 0.25) is 5.02 Å². The van der Waals surface area contributed by atoms with Crippen LogP contribution in [0.5, 0.6) is 0 Å². The molecule has 1 N–H and O–H groups in total. The van der Waals surface area contributed by atoms with Crippen LogP contribution in [0.3, 0.4) is 0 Å². The van der Waals surface area contributed by atoms with Crippen LogP contribution in [0.1, 0.15) is 18.1 Å². The van der Waals surface area contributed by atoms with Gasteiger partial charge in [0, 0.05) is 25.2 Å². The molecule has 0 heterocycles. The SMILES string of the molecule is CCNCc1cccc(F)c1N(C)Cc1ccc(Cl)cc1. The van der Waals surface area contributed by atoms with Gasteiger partial charge in [-0.3, -0.25) is 0 Å². The second kappa shape index (κ2) is 7.43. The average molecular weight is 307 g/mol. The van der Waals surface area contributed by atoms with Crippen LogP contribution in [0.25, 0.3) is 0 Å². The number of para-hydroxylation sites is 1. The van der Waals surface area contributed by atoms with E-state index in [1.165, 1.54) is 6.07 Å². The largest absolute Gasteiger partial charge is 0.368 e. The van der Waals surface area contributed by atoms with Crippen molar-refractivity contribution in [1.29, 1.82) is 0 Å². The molecular weight excluding hydrogens is 287 g/mol. The highest BCUT2D eigenvalue weighted by molar-refractivity contribution is 6.30. The van der Waals surface area contributed by atoms with Crippen molar-refractivity contribution in [3.63, 3.8) is 0 Å². The fourth-order valence-electron chi connectivity index (χ4n) is 2.33. The summed E-state index contributed by atoms with van der Waals surface area (Å²) in [5.74, 6) is -0.193. The number of halogens is 2. The Labute approximate surface area is 130 Å². The molecule has 0 amide bonds. The molecule has 0 aliphatic carbocycles.